The summed E-state index contributed by atoms with van der Waals surface area (Å²) in [6, 6.07) is 8.99. The second-order valence-corrected chi connectivity index (χ2v) is 3.54. The highest BCUT2D eigenvalue weighted by molar-refractivity contribution is 7.22. The van der Waals surface area contributed by atoms with Crippen molar-refractivity contribution < 1.29 is 14.1 Å². The lowest BCUT2D eigenvalue weighted by molar-refractivity contribution is 0.0593. The number of methoxy groups -OCH3 is 1. The maximum Gasteiger partial charge on any atom is 0.355 e. The molecule has 0 aliphatic heterocycles. The topological polar surface area (TPSA) is 48.3 Å². The fourth-order valence-electron chi connectivity index (χ4n) is 1.48. The van der Waals surface area contributed by atoms with E-state index in [2.05, 4.69) is 4.74 Å². The Morgan fingerprint density at radius 2 is 2.13 bits per heavy atom. The van der Waals surface area contributed by atoms with Crippen LogP contribution in [0.15, 0.2) is 30.3 Å². The molecular weight excluding hydrogens is 213 g/mol. The second-order valence-electron chi connectivity index (χ2n) is 2.97. The molecule has 2 aromatic rings. The van der Waals surface area contributed by atoms with Crippen LogP contribution in [0.4, 0.5) is 0 Å². The lowest BCUT2D eigenvalue weighted by Crippen LogP contribution is -2.04. The summed E-state index contributed by atoms with van der Waals surface area (Å²) in [4.78, 5) is 11.4. The first-order valence-electron chi connectivity index (χ1n) is 4.30. The molecule has 5 heteroatoms. The number of esters is 1. The van der Waals surface area contributed by atoms with Crippen LogP contribution in [0.3, 0.4) is 0 Å². The van der Waals surface area contributed by atoms with E-state index in [0.717, 1.165) is 10.9 Å². The van der Waals surface area contributed by atoms with Crippen molar-refractivity contribution in [3.8, 4) is 0 Å². The lowest BCUT2D eigenvalue weighted by Gasteiger charge is -1.98. The molecule has 1 aromatic heterocycles. The van der Waals surface area contributed by atoms with Gasteiger partial charge in [-0.3, -0.25) is 4.34 Å². The van der Waals surface area contributed by atoms with Gasteiger partial charge in [0.25, 0.3) is 8.61 Å². The molecule has 0 unspecified atom stereocenters. The maximum absolute atomic E-state index is 11.4. The van der Waals surface area contributed by atoms with E-state index in [-0.39, 0.29) is 14.3 Å². The van der Waals surface area contributed by atoms with Crippen molar-refractivity contribution in [2.24, 2.45) is 0 Å². The second kappa shape index (κ2) is 3.83. The molecule has 0 saturated heterocycles. The van der Waals surface area contributed by atoms with Crippen molar-refractivity contribution in [2.75, 3.05) is 7.11 Å². The quantitative estimate of drug-likeness (QED) is 0.578. The first kappa shape index (κ1) is 9.87. The summed E-state index contributed by atoms with van der Waals surface area (Å²) in [7, 11) is 1.05. The van der Waals surface area contributed by atoms with Gasteiger partial charge in [0.2, 0.25) is 0 Å². The minimum Gasteiger partial charge on any atom is -0.464 e. The van der Waals surface area contributed by atoms with E-state index in [4.69, 9.17) is 0 Å². The van der Waals surface area contributed by atoms with Crippen LogP contribution >= 0.6 is 8.61 Å². The van der Waals surface area contributed by atoms with Crippen molar-refractivity contribution >= 4 is 25.5 Å². The van der Waals surface area contributed by atoms with Crippen LogP contribution in [0, 0.1) is 0 Å². The van der Waals surface area contributed by atoms with Gasteiger partial charge in [-0.15, -0.1) is 0 Å². The Bertz CT molecular complexity index is 532. The predicted molar refractivity (Wildman–Crippen MR) is 56.3 cm³/mol. The minimum atomic E-state index is -0.491. The number of aromatic nitrogens is 1. The first-order chi connectivity index (χ1) is 7.27. The number of para-hydroxylation sites is 1. The fraction of sp³-hybridized carbons (Fsp3) is 0.100. The summed E-state index contributed by atoms with van der Waals surface area (Å²) in [5, 5.41) is 0.862. The van der Waals surface area contributed by atoms with E-state index in [0.29, 0.717) is 0 Å². The largest absolute Gasteiger partial charge is 0.464 e. The molecule has 0 fully saturated rings. The molecular formula is C10H8NO3P. The van der Waals surface area contributed by atoms with Gasteiger partial charge < -0.3 is 4.74 Å². The molecule has 1 aromatic carbocycles. The molecule has 15 heavy (non-hydrogen) atoms. The molecule has 0 aliphatic rings. The van der Waals surface area contributed by atoms with Gasteiger partial charge in [-0.05, 0) is 12.1 Å². The van der Waals surface area contributed by atoms with Crippen LogP contribution < -0.4 is 0 Å². The summed E-state index contributed by atoms with van der Waals surface area (Å²) >= 11 is 0. The van der Waals surface area contributed by atoms with Crippen LogP contribution in [0.25, 0.3) is 10.9 Å². The lowest BCUT2D eigenvalue weighted by atomic mass is 10.2. The minimum absolute atomic E-state index is 0.245. The Morgan fingerprint density at radius 3 is 2.80 bits per heavy atom. The van der Waals surface area contributed by atoms with E-state index >= 15 is 0 Å². The molecule has 0 aliphatic carbocycles. The van der Waals surface area contributed by atoms with Crippen LogP contribution in [0.1, 0.15) is 10.5 Å². The molecule has 0 atom stereocenters. The van der Waals surface area contributed by atoms with Crippen LogP contribution in [0.5, 0.6) is 0 Å². The Labute approximate surface area is 87.7 Å². The van der Waals surface area contributed by atoms with Crippen molar-refractivity contribution in [1.82, 2.24) is 4.34 Å². The number of hydrogen-bond donors (Lipinski definition) is 0. The summed E-state index contributed by atoms with van der Waals surface area (Å²) in [6.45, 7) is 0. The molecule has 0 saturated carbocycles. The molecule has 0 bridgehead atoms. The van der Waals surface area contributed by atoms with Crippen LogP contribution in [0.2, 0.25) is 0 Å². The molecule has 76 valence electrons. The zero-order valence-electron chi connectivity index (χ0n) is 8.01. The highest BCUT2D eigenvalue weighted by atomic mass is 31.1. The van der Waals surface area contributed by atoms with Gasteiger partial charge in [-0.2, -0.15) is 0 Å². The number of hydrogen-bond acceptors (Lipinski definition) is 3. The smallest absolute Gasteiger partial charge is 0.355 e. The number of carbonyl (C=O) groups excluding carboxylic acids is 1. The van der Waals surface area contributed by atoms with Gasteiger partial charge in [0.15, 0.2) is 0 Å². The van der Waals surface area contributed by atoms with E-state index in [9.17, 15) is 9.36 Å². The molecule has 0 spiro atoms. The van der Waals surface area contributed by atoms with Crippen LogP contribution in [-0.2, 0) is 9.30 Å². The zero-order chi connectivity index (χ0) is 10.8. The van der Waals surface area contributed by atoms with E-state index in [1.807, 2.05) is 18.2 Å². The molecule has 4 nitrogen and oxygen atoms in total. The SMILES string of the molecule is COC(=O)c1cc2ccccc2n1P=O. The van der Waals surface area contributed by atoms with Crippen molar-refractivity contribution in [3.63, 3.8) is 0 Å². The Kier molecular flexibility index (Phi) is 2.52. The standard InChI is InChI=1S/C10H8NO3P/c1-14-10(12)9-6-7-4-2-3-5-8(7)11(9)15-13/h2-6H,1H3. The number of benzene rings is 1. The van der Waals surface area contributed by atoms with E-state index < -0.39 is 5.97 Å². The van der Waals surface area contributed by atoms with Gasteiger partial charge >= 0.3 is 5.97 Å². The molecule has 2 rings (SSSR count). The van der Waals surface area contributed by atoms with Crippen LogP contribution in [-0.4, -0.2) is 17.4 Å². The maximum atomic E-state index is 11.4. The van der Waals surface area contributed by atoms with Crippen molar-refractivity contribution in [3.05, 3.63) is 36.0 Å². The number of ether oxygens (including phenoxy) is 1. The fourth-order valence-corrected chi connectivity index (χ4v) is 1.98. The normalized spacial score (nSPS) is 10.7. The van der Waals surface area contributed by atoms with Gasteiger partial charge in [0, 0.05) is 5.39 Å². The summed E-state index contributed by atoms with van der Waals surface area (Å²) in [5.74, 6) is -0.491. The van der Waals surface area contributed by atoms with Gasteiger partial charge in [-0.25, -0.2) is 9.36 Å². The van der Waals surface area contributed by atoms with E-state index in [1.165, 1.54) is 11.4 Å². The Balaban J connectivity index is 2.74. The average molecular weight is 221 g/mol. The predicted octanol–water partition coefficient (Wildman–Crippen LogP) is 2.48. The Hall–Kier alpha value is -1.67. The first-order valence-corrected chi connectivity index (χ1v) is 5.07. The summed E-state index contributed by atoms with van der Waals surface area (Å²) in [6.07, 6.45) is 0. The number of carbonyl (C=O) groups is 1. The van der Waals surface area contributed by atoms with Gasteiger partial charge in [-0.1, -0.05) is 18.2 Å². The van der Waals surface area contributed by atoms with Crippen molar-refractivity contribution in [1.29, 1.82) is 0 Å². The number of fused-ring (bicyclic) bond motifs is 1. The molecule has 0 radical (unpaired) electrons. The number of nitrogens with zero attached hydrogens (tertiary/aromatic N) is 1. The van der Waals surface area contributed by atoms with Crippen molar-refractivity contribution in [2.45, 2.75) is 0 Å². The summed E-state index contributed by atoms with van der Waals surface area (Å²) in [5.41, 5.74) is 1.03. The third kappa shape index (κ3) is 1.53. The van der Waals surface area contributed by atoms with Gasteiger partial charge in [0.1, 0.15) is 5.69 Å². The third-order valence-electron chi connectivity index (χ3n) is 2.16. The zero-order valence-corrected chi connectivity index (χ0v) is 8.90. The number of rotatable bonds is 2. The highest BCUT2D eigenvalue weighted by Crippen LogP contribution is 2.24. The molecule has 0 N–H and O–H groups in total. The monoisotopic (exact) mass is 221 g/mol. The van der Waals surface area contributed by atoms with Gasteiger partial charge in [0.05, 0.1) is 12.6 Å². The third-order valence-corrected chi connectivity index (χ3v) is 2.76. The average Bonchev–Trinajstić information content (AvgIpc) is 2.66. The van der Waals surface area contributed by atoms with E-state index in [1.54, 1.807) is 12.1 Å². The molecule has 1 heterocycles. The molecule has 0 amide bonds. The Morgan fingerprint density at radius 1 is 1.40 bits per heavy atom. The summed E-state index contributed by atoms with van der Waals surface area (Å²) < 4.78 is 17.0. The highest BCUT2D eigenvalue weighted by Gasteiger charge is 2.15.